The quantitative estimate of drug-likeness (QED) is 0.862. The molecule has 3 nitrogen and oxygen atoms in total. The Morgan fingerprint density at radius 1 is 1.00 bits per heavy atom. The number of Topliss-reactive ketones (excluding diaryl/α,β-unsaturated/α-hetero) is 1. The SMILES string of the molecule is O=C1/C(=C\c2ccc(N3CCC(O)CC3)cc2)Cc2ccccc21. The third-order valence-electron chi connectivity index (χ3n) is 5.00. The summed E-state index contributed by atoms with van der Waals surface area (Å²) in [4.78, 5) is 14.8. The van der Waals surface area contributed by atoms with E-state index in [1.165, 1.54) is 5.69 Å². The summed E-state index contributed by atoms with van der Waals surface area (Å²) in [5.74, 6) is 0.152. The fourth-order valence-electron chi connectivity index (χ4n) is 3.58. The van der Waals surface area contributed by atoms with Crippen LogP contribution in [0.25, 0.3) is 6.08 Å². The van der Waals surface area contributed by atoms with E-state index in [9.17, 15) is 9.90 Å². The van der Waals surface area contributed by atoms with E-state index in [0.29, 0.717) is 0 Å². The van der Waals surface area contributed by atoms with E-state index in [1.54, 1.807) is 0 Å². The molecule has 4 rings (SSSR count). The maximum atomic E-state index is 12.4. The first kappa shape index (κ1) is 15.2. The van der Waals surface area contributed by atoms with Crippen LogP contribution in [0, 0.1) is 0 Å². The Hall–Kier alpha value is -2.39. The van der Waals surface area contributed by atoms with Crippen LogP contribution in [0.5, 0.6) is 0 Å². The van der Waals surface area contributed by atoms with Gasteiger partial charge in [0.1, 0.15) is 0 Å². The Morgan fingerprint density at radius 2 is 1.71 bits per heavy atom. The molecule has 0 saturated carbocycles. The zero-order valence-corrected chi connectivity index (χ0v) is 13.6. The van der Waals surface area contributed by atoms with E-state index < -0.39 is 0 Å². The molecular formula is C21H21NO2. The summed E-state index contributed by atoms with van der Waals surface area (Å²) in [6.45, 7) is 1.80. The summed E-state index contributed by atoms with van der Waals surface area (Å²) < 4.78 is 0. The Balaban J connectivity index is 1.51. The van der Waals surface area contributed by atoms with Gasteiger partial charge in [-0.2, -0.15) is 0 Å². The van der Waals surface area contributed by atoms with E-state index in [2.05, 4.69) is 29.2 Å². The van der Waals surface area contributed by atoms with Gasteiger partial charge in [0, 0.05) is 36.3 Å². The monoisotopic (exact) mass is 319 g/mol. The van der Waals surface area contributed by atoms with Gasteiger partial charge in [-0.05, 0) is 42.2 Å². The van der Waals surface area contributed by atoms with Crippen molar-refractivity contribution >= 4 is 17.5 Å². The molecule has 122 valence electrons. The highest BCUT2D eigenvalue weighted by Crippen LogP contribution is 2.28. The number of aliphatic hydroxyl groups excluding tert-OH is 1. The molecule has 0 amide bonds. The van der Waals surface area contributed by atoms with Crippen molar-refractivity contribution in [2.45, 2.75) is 25.4 Å². The van der Waals surface area contributed by atoms with Crippen LogP contribution in [0.3, 0.4) is 0 Å². The van der Waals surface area contributed by atoms with Crippen molar-refractivity contribution in [2.24, 2.45) is 0 Å². The number of anilines is 1. The number of benzene rings is 2. The van der Waals surface area contributed by atoms with Gasteiger partial charge in [0.2, 0.25) is 0 Å². The van der Waals surface area contributed by atoms with Crippen molar-refractivity contribution in [2.75, 3.05) is 18.0 Å². The third-order valence-corrected chi connectivity index (χ3v) is 5.00. The molecule has 0 bridgehead atoms. The van der Waals surface area contributed by atoms with Crippen molar-refractivity contribution in [1.29, 1.82) is 0 Å². The van der Waals surface area contributed by atoms with Gasteiger partial charge in [-0.3, -0.25) is 4.79 Å². The average Bonchev–Trinajstić information content (AvgIpc) is 2.93. The molecule has 0 aromatic heterocycles. The van der Waals surface area contributed by atoms with Gasteiger partial charge in [-0.25, -0.2) is 0 Å². The first-order chi connectivity index (χ1) is 11.7. The summed E-state index contributed by atoms with van der Waals surface area (Å²) in [7, 11) is 0. The van der Waals surface area contributed by atoms with E-state index >= 15 is 0 Å². The second-order valence-electron chi connectivity index (χ2n) is 6.64. The Kier molecular flexibility index (Phi) is 3.95. The lowest BCUT2D eigenvalue weighted by Crippen LogP contribution is -2.35. The maximum Gasteiger partial charge on any atom is 0.189 e. The fourth-order valence-corrected chi connectivity index (χ4v) is 3.58. The second-order valence-corrected chi connectivity index (χ2v) is 6.64. The lowest BCUT2D eigenvalue weighted by molar-refractivity contribution is 0.104. The predicted molar refractivity (Wildman–Crippen MR) is 96.3 cm³/mol. The van der Waals surface area contributed by atoms with Gasteiger partial charge in [0.25, 0.3) is 0 Å². The lowest BCUT2D eigenvalue weighted by Gasteiger charge is -2.31. The van der Waals surface area contributed by atoms with Crippen molar-refractivity contribution in [3.8, 4) is 0 Å². The molecule has 3 heteroatoms. The number of nitrogens with zero attached hydrogens (tertiary/aromatic N) is 1. The Morgan fingerprint density at radius 3 is 2.42 bits per heavy atom. The molecule has 1 saturated heterocycles. The smallest absolute Gasteiger partial charge is 0.189 e. The molecule has 1 N–H and O–H groups in total. The molecule has 0 unspecified atom stereocenters. The predicted octanol–water partition coefficient (Wildman–Crippen LogP) is 3.47. The molecule has 0 spiro atoms. The fraction of sp³-hybridized carbons (Fsp3) is 0.286. The minimum absolute atomic E-state index is 0.152. The number of carbonyl (C=O) groups is 1. The largest absolute Gasteiger partial charge is 0.393 e. The molecule has 2 aromatic rings. The number of hydrogen-bond acceptors (Lipinski definition) is 3. The van der Waals surface area contributed by atoms with Crippen LogP contribution < -0.4 is 4.90 Å². The zero-order valence-electron chi connectivity index (χ0n) is 13.6. The first-order valence-corrected chi connectivity index (χ1v) is 8.57. The van der Waals surface area contributed by atoms with E-state index in [0.717, 1.165) is 54.6 Å². The van der Waals surface area contributed by atoms with Crippen LogP contribution in [0.15, 0.2) is 54.1 Å². The summed E-state index contributed by atoms with van der Waals surface area (Å²) in [5.41, 5.74) is 5.08. The molecule has 0 radical (unpaired) electrons. The molecule has 1 heterocycles. The van der Waals surface area contributed by atoms with Gasteiger partial charge in [-0.1, -0.05) is 36.4 Å². The van der Waals surface area contributed by atoms with Crippen LogP contribution in [0.1, 0.15) is 34.3 Å². The number of allylic oxidation sites excluding steroid dienone is 1. The Labute approximate surface area is 142 Å². The molecule has 2 aliphatic rings. The summed E-state index contributed by atoms with van der Waals surface area (Å²) >= 11 is 0. The van der Waals surface area contributed by atoms with Crippen molar-refractivity contribution in [3.63, 3.8) is 0 Å². The Bertz CT molecular complexity index is 784. The number of hydrogen-bond donors (Lipinski definition) is 1. The molecular weight excluding hydrogens is 298 g/mol. The van der Waals surface area contributed by atoms with E-state index in [-0.39, 0.29) is 11.9 Å². The van der Waals surface area contributed by atoms with Crippen LogP contribution >= 0.6 is 0 Å². The molecule has 24 heavy (non-hydrogen) atoms. The van der Waals surface area contributed by atoms with E-state index in [1.807, 2.05) is 30.3 Å². The number of carbonyl (C=O) groups excluding carboxylic acids is 1. The van der Waals surface area contributed by atoms with E-state index in [4.69, 9.17) is 0 Å². The first-order valence-electron chi connectivity index (χ1n) is 8.57. The molecule has 1 fully saturated rings. The third kappa shape index (κ3) is 2.87. The number of fused-ring (bicyclic) bond motifs is 1. The molecule has 2 aromatic carbocycles. The minimum atomic E-state index is -0.153. The second kappa shape index (κ2) is 6.25. The summed E-state index contributed by atoms with van der Waals surface area (Å²) in [6, 6.07) is 16.2. The highest BCUT2D eigenvalue weighted by molar-refractivity contribution is 6.15. The summed E-state index contributed by atoms with van der Waals surface area (Å²) in [6.07, 6.45) is 4.24. The molecule has 0 atom stereocenters. The van der Waals surface area contributed by atoms with Gasteiger partial charge in [0.15, 0.2) is 5.78 Å². The zero-order chi connectivity index (χ0) is 16.5. The van der Waals surface area contributed by atoms with Crippen molar-refractivity contribution < 1.29 is 9.90 Å². The molecule has 1 aliphatic carbocycles. The van der Waals surface area contributed by atoms with Gasteiger partial charge in [0.05, 0.1) is 6.10 Å². The van der Waals surface area contributed by atoms with Crippen LogP contribution in [-0.4, -0.2) is 30.1 Å². The van der Waals surface area contributed by atoms with Gasteiger partial charge in [-0.15, -0.1) is 0 Å². The normalized spacial score (nSPS) is 19.8. The maximum absolute atomic E-state index is 12.4. The number of aliphatic hydroxyl groups is 1. The van der Waals surface area contributed by atoms with Crippen LogP contribution in [-0.2, 0) is 6.42 Å². The van der Waals surface area contributed by atoms with Gasteiger partial charge < -0.3 is 10.0 Å². The minimum Gasteiger partial charge on any atom is -0.393 e. The van der Waals surface area contributed by atoms with Gasteiger partial charge >= 0.3 is 0 Å². The highest BCUT2D eigenvalue weighted by atomic mass is 16.3. The molecule has 1 aliphatic heterocycles. The summed E-state index contributed by atoms with van der Waals surface area (Å²) in [5, 5.41) is 9.61. The number of piperidine rings is 1. The number of ketones is 1. The van der Waals surface area contributed by atoms with Crippen molar-refractivity contribution in [1.82, 2.24) is 0 Å². The topological polar surface area (TPSA) is 40.5 Å². The van der Waals surface area contributed by atoms with Crippen molar-refractivity contribution in [3.05, 3.63) is 70.8 Å². The average molecular weight is 319 g/mol. The highest BCUT2D eigenvalue weighted by Gasteiger charge is 2.24. The standard InChI is InChI=1S/C21H21NO2/c23-19-9-11-22(12-10-19)18-7-5-15(6-8-18)13-17-14-16-3-1-2-4-20(16)21(17)24/h1-8,13,19,23H,9-12,14H2/b17-13-. The van der Waals surface area contributed by atoms with Crippen LogP contribution in [0.2, 0.25) is 0 Å². The van der Waals surface area contributed by atoms with Crippen LogP contribution in [0.4, 0.5) is 5.69 Å². The number of rotatable bonds is 2. The lowest BCUT2D eigenvalue weighted by atomic mass is 10.1.